The van der Waals surface area contributed by atoms with Gasteiger partial charge in [0.1, 0.15) is 0 Å². The van der Waals surface area contributed by atoms with Crippen molar-refractivity contribution in [3.05, 3.63) is 34.3 Å². The maximum atomic E-state index is 12.0. The van der Waals surface area contributed by atoms with Crippen LogP contribution in [0.1, 0.15) is 18.9 Å². The molecular weight excluding hydrogens is 270 g/mol. The van der Waals surface area contributed by atoms with Gasteiger partial charge in [0.25, 0.3) is 5.91 Å². The second-order valence-electron chi connectivity index (χ2n) is 4.86. The molecule has 2 rings (SSSR count). The number of thiocarbonyl (C=S) groups is 1. The number of benzene rings is 1. The Morgan fingerprint density at radius 3 is 2.95 bits per heavy atom. The van der Waals surface area contributed by atoms with Gasteiger partial charge in [-0.25, -0.2) is 4.99 Å². The molecule has 0 aromatic heterocycles. The molecule has 1 heterocycles. The van der Waals surface area contributed by atoms with Gasteiger partial charge < -0.3 is 10.6 Å². The predicted molar refractivity (Wildman–Crippen MR) is 83.8 cm³/mol. The van der Waals surface area contributed by atoms with Crippen LogP contribution in [-0.2, 0) is 4.79 Å². The van der Waals surface area contributed by atoms with Crippen LogP contribution in [-0.4, -0.2) is 24.1 Å². The first-order valence-electron chi connectivity index (χ1n) is 6.83. The van der Waals surface area contributed by atoms with Crippen LogP contribution in [0.4, 0.5) is 0 Å². The molecule has 0 fully saturated rings. The standard InChI is InChI=1S/C15H19N3OS/c1-3-16-15(20)17-7-6-12-9-11-5-4-10(2)8-13(11)18-14(12)19/h4-5,8-9,12H,3,6-7H2,1-2H3,(H2,16,17,20). The van der Waals surface area contributed by atoms with Gasteiger partial charge >= 0.3 is 0 Å². The Morgan fingerprint density at radius 1 is 1.40 bits per heavy atom. The average Bonchev–Trinajstić information content (AvgIpc) is 2.40. The van der Waals surface area contributed by atoms with Crippen molar-refractivity contribution in [2.75, 3.05) is 13.1 Å². The predicted octanol–water partition coefficient (Wildman–Crippen LogP) is 0.426. The number of aryl methyl sites for hydroxylation is 1. The van der Waals surface area contributed by atoms with E-state index in [1.807, 2.05) is 38.1 Å². The van der Waals surface area contributed by atoms with E-state index in [4.69, 9.17) is 12.2 Å². The van der Waals surface area contributed by atoms with E-state index in [2.05, 4.69) is 15.6 Å². The zero-order valence-electron chi connectivity index (χ0n) is 11.8. The van der Waals surface area contributed by atoms with Crippen LogP contribution >= 0.6 is 12.2 Å². The lowest BCUT2D eigenvalue weighted by Gasteiger charge is -2.14. The Labute approximate surface area is 124 Å². The van der Waals surface area contributed by atoms with Gasteiger partial charge in [0.05, 0.1) is 11.3 Å². The van der Waals surface area contributed by atoms with Crippen molar-refractivity contribution >= 4 is 29.3 Å². The van der Waals surface area contributed by atoms with Gasteiger partial charge in [0.15, 0.2) is 5.11 Å². The highest BCUT2D eigenvalue weighted by molar-refractivity contribution is 7.80. The SMILES string of the molecule is CCNC(=S)NCCC1C=c2ccc(C)cc2=NC1=O. The summed E-state index contributed by atoms with van der Waals surface area (Å²) in [5.74, 6) is -0.235. The van der Waals surface area contributed by atoms with E-state index >= 15 is 0 Å². The zero-order valence-corrected chi connectivity index (χ0v) is 12.6. The van der Waals surface area contributed by atoms with Crippen molar-refractivity contribution in [3.8, 4) is 0 Å². The first kappa shape index (κ1) is 14.7. The van der Waals surface area contributed by atoms with Crippen LogP contribution in [0.15, 0.2) is 23.2 Å². The Balaban J connectivity index is 2.02. The molecule has 0 saturated carbocycles. The van der Waals surface area contributed by atoms with Crippen molar-refractivity contribution < 1.29 is 4.79 Å². The number of rotatable bonds is 4. The average molecular weight is 289 g/mol. The Bertz CT molecular complexity index is 639. The Morgan fingerprint density at radius 2 is 2.20 bits per heavy atom. The molecule has 106 valence electrons. The van der Waals surface area contributed by atoms with Crippen molar-refractivity contribution in [1.29, 1.82) is 0 Å². The molecule has 0 radical (unpaired) electrons. The Hall–Kier alpha value is -1.75. The van der Waals surface area contributed by atoms with E-state index in [0.29, 0.717) is 18.1 Å². The maximum absolute atomic E-state index is 12.0. The van der Waals surface area contributed by atoms with Crippen LogP contribution < -0.4 is 21.2 Å². The monoisotopic (exact) mass is 289 g/mol. The molecule has 1 aromatic carbocycles. The van der Waals surface area contributed by atoms with Gasteiger partial charge in [-0.3, -0.25) is 4.79 Å². The van der Waals surface area contributed by atoms with Crippen molar-refractivity contribution in [2.45, 2.75) is 20.3 Å². The fourth-order valence-corrected chi connectivity index (χ4v) is 2.40. The molecule has 4 nitrogen and oxygen atoms in total. The second-order valence-corrected chi connectivity index (χ2v) is 5.27. The smallest absolute Gasteiger partial charge is 0.253 e. The van der Waals surface area contributed by atoms with E-state index in [-0.39, 0.29) is 11.8 Å². The van der Waals surface area contributed by atoms with E-state index in [1.165, 1.54) is 0 Å². The van der Waals surface area contributed by atoms with E-state index in [0.717, 1.165) is 22.7 Å². The summed E-state index contributed by atoms with van der Waals surface area (Å²) in [6.07, 6.45) is 2.70. The minimum Gasteiger partial charge on any atom is -0.363 e. The number of amides is 1. The number of nitrogens with one attached hydrogen (secondary N) is 2. The summed E-state index contributed by atoms with van der Waals surface area (Å²) in [5, 5.41) is 8.55. The van der Waals surface area contributed by atoms with Crippen molar-refractivity contribution in [1.82, 2.24) is 10.6 Å². The van der Waals surface area contributed by atoms with Gasteiger partial charge in [-0.05, 0) is 49.3 Å². The van der Waals surface area contributed by atoms with E-state index in [1.54, 1.807) is 0 Å². The minimum atomic E-state index is -0.165. The fourth-order valence-electron chi connectivity index (χ4n) is 2.15. The minimum absolute atomic E-state index is 0.0701. The molecule has 0 spiro atoms. The van der Waals surface area contributed by atoms with E-state index in [9.17, 15) is 4.79 Å². The molecule has 0 saturated heterocycles. The molecular formula is C15H19N3OS. The van der Waals surface area contributed by atoms with Crippen LogP contribution in [0, 0.1) is 12.8 Å². The molecule has 1 atom stereocenters. The van der Waals surface area contributed by atoms with Crippen LogP contribution in [0.5, 0.6) is 0 Å². The summed E-state index contributed by atoms with van der Waals surface area (Å²) < 4.78 is 0. The highest BCUT2D eigenvalue weighted by Crippen LogP contribution is 2.08. The van der Waals surface area contributed by atoms with E-state index < -0.39 is 0 Å². The van der Waals surface area contributed by atoms with Crippen molar-refractivity contribution in [3.63, 3.8) is 0 Å². The molecule has 1 aliphatic heterocycles. The first-order chi connectivity index (χ1) is 9.60. The van der Waals surface area contributed by atoms with Gasteiger partial charge in [-0.1, -0.05) is 18.2 Å². The number of carbonyl (C=O) groups excluding carboxylic acids is 1. The zero-order chi connectivity index (χ0) is 14.5. The van der Waals surface area contributed by atoms with Gasteiger partial charge in [-0.15, -0.1) is 0 Å². The summed E-state index contributed by atoms with van der Waals surface area (Å²) >= 11 is 5.09. The lowest BCUT2D eigenvalue weighted by atomic mass is 10.00. The molecule has 0 aliphatic carbocycles. The molecule has 0 bridgehead atoms. The number of fused-ring (bicyclic) bond motifs is 1. The van der Waals surface area contributed by atoms with Gasteiger partial charge in [0, 0.05) is 13.1 Å². The maximum Gasteiger partial charge on any atom is 0.253 e. The molecule has 1 unspecified atom stereocenters. The largest absolute Gasteiger partial charge is 0.363 e. The first-order valence-corrected chi connectivity index (χ1v) is 7.23. The number of nitrogens with zero attached hydrogens (tertiary/aromatic N) is 1. The number of carbonyl (C=O) groups is 1. The van der Waals surface area contributed by atoms with Crippen LogP contribution in [0.25, 0.3) is 6.08 Å². The third-order valence-corrected chi connectivity index (χ3v) is 3.48. The van der Waals surface area contributed by atoms with Gasteiger partial charge in [-0.2, -0.15) is 0 Å². The normalized spacial score (nSPS) is 16.7. The quantitative estimate of drug-likeness (QED) is 0.789. The Kier molecular flexibility index (Phi) is 4.84. The number of hydrogen-bond donors (Lipinski definition) is 2. The summed E-state index contributed by atoms with van der Waals surface area (Å²) in [4.78, 5) is 16.2. The third kappa shape index (κ3) is 3.63. The molecule has 20 heavy (non-hydrogen) atoms. The van der Waals surface area contributed by atoms with Crippen LogP contribution in [0.2, 0.25) is 0 Å². The summed E-state index contributed by atoms with van der Waals surface area (Å²) in [7, 11) is 0. The topological polar surface area (TPSA) is 53.5 Å². The summed E-state index contributed by atoms with van der Waals surface area (Å²) in [5.41, 5.74) is 1.12. The molecule has 2 N–H and O–H groups in total. The molecule has 5 heteroatoms. The lowest BCUT2D eigenvalue weighted by Crippen LogP contribution is -2.38. The van der Waals surface area contributed by atoms with Gasteiger partial charge in [0.2, 0.25) is 0 Å². The molecule has 1 aromatic rings. The summed E-state index contributed by atoms with van der Waals surface area (Å²) in [6, 6.07) is 6.00. The number of hydrogen-bond acceptors (Lipinski definition) is 2. The molecule has 1 amide bonds. The van der Waals surface area contributed by atoms with Crippen molar-refractivity contribution in [2.24, 2.45) is 10.9 Å². The third-order valence-electron chi connectivity index (χ3n) is 3.19. The van der Waals surface area contributed by atoms with Crippen LogP contribution in [0.3, 0.4) is 0 Å². The second kappa shape index (κ2) is 6.61. The highest BCUT2D eigenvalue weighted by atomic mass is 32.1. The highest BCUT2D eigenvalue weighted by Gasteiger charge is 2.17. The summed E-state index contributed by atoms with van der Waals surface area (Å²) in [6.45, 7) is 5.44. The molecule has 1 aliphatic rings. The lowest BCUT2D eigenvalue weighted by molar-refractivity contribution is -0.120. The fraction of sp³-hybridized carbons (Fsp3) is 0.400.